The molecular weight excluding hydrogens is 377 g/mol. The lowest BCUT2D eigenvalue weighted by Crippen LogP contribution is -2.08. The number of hydrogen-bond acceptors (Lipinski definition) is 4. The van der Waals surface area contributed by atoms with E-state index in [4.69, 9.17) is 11.6 Å². The maximum absolute atomic E-state index is 13.0. The zero-order valence-electron chi connectivity index (χ0n) is 14.3. The van der Waals surface area contributed by atoms with Gasteiger partial charge in [0.05, 0.1) is 10.6 Å². The number of alkyl halides is 3. The summed E-state index contributed by atoms with van der Waals surface area (Å²) in [6, 6.07) is 15.1. The summed E-state index contributed by atoms with van der Waals surface area (Å²) < 4.78 is 39.0. The van der Waals surface area contributed by atoms with Gasteiger partial charge in [0.1, 0.15) is 5.82 Å². The van der Waals surface area contributed by atoms with Gasteiger partial charge in [-0.1, -0.05) is 41.9 Å². The molecule has 8 heteroatoms. The predicted molar refractivity (Wildman–Crippen MR) is 100 cm³/mol. The van der Waals surface area contributed by atoms with Gasteiger partial charge in [0.2, 0.25) is 5.95 Å². The van der Waals surface area contributed by atoms with Crippen molar-refractivity contribution in [3.05, 3.63) is 76.4 Å². The summed E-state index contributed by atoms with van der Waals surface area (Å²) in [6.07, 6.45) is -4.54. The highest BCUT2D eigenvalue weighted by Crippen LogP contribution is 2.36. The van der Waals surface area contributed by atoms with Crippen molar-refractivity contribution in [1.29, 1.82) is 0 Å². The van der Waals surface area contributed by atoms with E-state index in [-0.39, 0.29) is 16.7 Å². The Kier molecular flexibility index (Phi) is 5.51. The van der Waals surface area contributed by atoms with Crippen molar-refractivity contribution in [3.63, 3.8) is 0 Å². The number of benzene rings is 2. The van der Waals surface area contributed by atoms with E-state index < -0.39 is 11.7 Å². The van der Waals surface area contributed by atoms with Crippen molar-refractivity contribution in [2.45, 2.75) is 19.6 Å². The molecule has 1 aromatic heterocycles. The number of hydrogen-bond donors (Lipinski definition) is 2. The predicted octanol–water partition coefficient (Wildman–Crippen LogP) is 5.81. The lowest BCUT2D eigenvalue weighted by atomic mass is 10.2. The van der Waals surface area contributed by atoms with Gasteiger partial charge in [-0.25, -0.2) is 4.98 Å². The van der Waals surface area contributed by atoms with E-state index in [0.717, 1.165) is 11.6 Å². The van der Waals surface area contributed by atoms with Crippen LogP contribution in [0, 0.1) is 6.92 Å². The molecule has 2 aromatic carbocycles. The zero-order valence-corrected chi connectivity index (χ0v) is 15.1. The number of anilines is 3. The Hall–Kier alpha value is -2.80. The largest absolute Gasteiger partial charge is 0.417 e. The van der Waals surface area contributed by atoms with Crippen LogP contribution in [-0.4, -0.2) is 9.97 Å². The topological polar surface area (TPSA) is 49.8 Å². The molecule has 0 atom stereocenters. The number of aryl methyl sites for hydroxylation is 1. The van der Waals surface area contributed by atoms with E-state index in [1.807, 2.05) is 30.3 Å². The van der Waals surface area contributed by atoms with Gasteiger partial charge in [0.15, 0.2) is 0 Å². The van der Waals surface area contributed by atoms with Gasteiger partial charge < -0.3 is 10.6 Å². The lowest BCUT2D eigenvalue weighted by molar-refractivity contribution is -0.137. The summed E-state index contributed by atoms with van der Waals surface area (Å²) in [6.45, 7) is 2.35. The van der Waals surface area contributed by atoms with Crippen LogP contribution in [0.3, 0.4) is 0 Å². The number of aromatic nitrogens is 2. The molecule has 3 aromatic rings. The highest BCUT2D eigenvalue weighted by Gasteiger charge is 2.33. The van der Waals surface area contributed by atoms with Crippen LogP contribution >= 0.6 is 11.6 Å². The summed E-state index contributed by atoms with van der Waals surface area (Å²) in [5.41, 5.74) is 1.04. The minimum Gasteiger partial charge on any atom is -0.366 e. The van der Waals surface area contributed by atoms with Crippen LogP contribution in [0.1, 0.15) is 16.8 Å². The molecule has 0 aliphatic carbocycles. The molecule has 1 heterocycles. The Labute approximate surface area is 159 Å². The van der Waals surface area contributed by atoms with Gasteiger partial charge in [-0.15, -0.1) is 0 Å². The molecule has 0 unspecified atom stereocenters. The Balaban J connectivity index is 1.78. The monoisotopic (exact) mass is 392 g/mol. The maximum atomic E-state index is 13.0. The summed E-state index contributed by atoms with van der Waals surface area (Å²) in [5, 5.41) is 5.62. The average molecular weight is 393 g/mol. The molecule has 0 amide bonds. The molecule has 0 fully saturated rings. The zero-order chi connectivity index (χ0) is 19.4. The van der Waals surface area contributed by atoms with Crippen molar-refractivity contribution in [1.82, 2.24) is 9.97 Å². The fraction of sp³-hybridized carbons (Fsp3) is 0.158. The Morgan fingerprint density at radius 2 is 1.74 bits per heavy atom. The Morgan fingerprint density at radius 3 is 2.44 bits per heavy atom. The second kappa shape index (κ2) is 7.84. The molecule has 0 spiro atoms. The van der Waals surface area contributed by atoms with Gasteiger partial charge in [0.25, 0.3) is 0 Å². The molecule has 0 radical (unpaired) electrons. The molecule has 27 heavy (non-hydrogen) atoms. The highest BCUT2D eigenvalue weighted by molar-refractivity contribution is 6.31. The summed E-state index contributed by atoms with van der Waals surface area (Å²) in [7, 11) is 0. The summed E-state index contributed by atoms with van der Waals surface area (Å²) in [4.78, 5) is 8.53. The van der Waals surface area contributed by atoms with Crippen LogP contribution in [0.25, 0.3) is 0 Å². The fourth-order valence-corrected chi connectivity index (χ4v) is 2.68. The molecule has 0 aliphatic rings. The first-order valence-electron chi connectivity index (χ1n) is 8.08. The number of halogens is 4. The number of nitrogens with zero attached hydrogens (tertiary/aromatic N) is 2. The van der Waals surface area contributed by atoms with Crippen molar-refractivity contribution in [2.24, 2.45) is 0 Å². The van der Waals surface area contributed by atoms with Crippen molar-refractivity contribution in [3.8, 4) is 0 Å². The molecule has 2 N–H and O–H groups in total. The molecule has 0 saturated carbocycles. The van der Waals surface area contributed by atoms with Crippen LogP contribution in [0.4, 0.5) is 30.6 Å². The minimum absolute atomic E-state index is 0.195. The van der Waals surface area contributed by atoms with Crippen molar-refractivity contribution < 1.29 is 13.2 Å². The first-order chi connectivity index (χ1) is 12.8. The van der Waals surface area contributed by atoms with Gasteiger partial charge in [-0.2, -0.15) is 18.2 Å². The van der Waals surface area contributed by atoms with Gasteiger partial charge in [0, 0.05) is 24.0 Å². The third-order valence-corrected chi connectivity index (χ3v) is 4.03. The van der Waals surface area contributed by atoms with Gasteiger partial charge in [-0.3, -0.25) is 0 Å². The first-order valence-corrected chi connectivity index (χ1v) is 8.46. The Morgan fingerprint density at radius 1 is 1.00 bits per heavy atom. The van der Waals surface area contributed by atoms with Crippen LogP contribution in [0.2, 0.25) is 5.02 Å². The van der Waals surface area contributed by atoms with Gasteiger partial charge in [-0.05, 0) is 30.7 Å². The second-order valence-electron chi connectivity index (χ2n) is 5.87. The Bertz CT molecular complexity index is 930. The highest BCUT2D eigenvalue weighted by atomic mass is 35.5. The summed E-state index contributed by atoms with van der Waals surface area (Å²) >= 11 is 5.64. The van der Waals surface area contributed by atoms with Crippen molar-refractivity contribution in [2.75, 3.05) is 10.6 Å². The fourth-order valence-electron chi connectivity index (χ4n) is 2.45. The van der Waals surface area contributed by atoms with Crippen LogP contribution in [0.5, 0.6) is 0 Å². The van der Waals surface area contributed by atoms with E-state index in [2.05, 4.69) is 20.6 Å². The molecule has 140 valence electrons. The molecule has 0 aliphatic heterocycles. The third kappa shape index (κ3) is 5.10. The molecular formula is C19H16ClF3N4. The van der Waals surface area contributed by atoms with E-state index in [1.165, 1.54) is 12.1 Å². The molecule has 0 saturated heterocycles. The van der Waals surface area contributed by atoms with Gasteiger partial charge >= 0.3 is 6.18 Å². The molecule has 3 rings (SSSR count). The van der Waals surface area contributed by atoms with Crippen LogP contribution < -0.4 is 10.6 Å². The number of nitrogens with one attached hydrogen (secondary N) is 2. The average Bonchev–Trinajstić information content (AvgIpc) is 2.61. The quantitative estimate of drug-likeness (QED) is 0.575. The van der Waals surface area contributed by atoms with E-state index in [0.29, 0.717) is 18.1 Å². The van der Waals surface area contributed by atoms with E-state index in [9.17, 15) is 13.2 Å². The minimum atomic E-state index is -4.54. The molecule has 4 nitrogen and oxygen atoms in total. The van der Waals surface area contributed by atoms with E-state index >= 15 is 0 Å². The smallest absolute Gasteiger partial charge is 0.366 e. The molecule has 0 bridgehead atoms. The van der Waals surface area contributed by atoms with Crippen molar-refractivity contribution >= 4 is 29.1 Å². The number of rotatable bonds is 5. The second-order valence-corrected chi connectivity index (χ2v) is 6.28. The standard InChI is InChI=1S/C19H16ClF3N4/c1-12-9-17(24-11-13-5-3-2-4-6-13)27-18(25-12)26-14-7-8-16(20)15(10-14)19(21,22)23/h2-10H,11H2,1H3,(H2,24,25,26,27). The normalized spacial score (nSPS) is 11.3. The third-order valence-electron chi connectivity index (χ3n) is 3.70. The van der Waals surface area contributed by atoms with Crippen LogP contribution in [0.15, 0.2) is 54.6 Å². The van der Waals surface area contributed by atoms with Crippen LogP contribution in [-0.2, 0) is 12.7 Å². The first kappa shape index (κ1) is 19.0. The lowest BCUT2D eigenvalue weighted by Gasteiger charge is -2.13. The SMILES string of the molecule is Cc1cc(NCc2ccccc2)nc(Nc2ccc(Cl)c(C(F)(F)F)c2)n1. The summed E-state index contributed by atoms with van der Waals surface area (Å²) in [5.74, 6) is 0.764. The van der Waals surface area contributed by atoms with E-state index in [1.54, 1.807) is 13.0 Å². The maximum Gasteiger partial charge on any atom is 0.417 e.